The molecule has 0 N–H and O–H groups in total. The van der Waals surface area contributed by atoms with Crippen molar-refractivity contribution >= 4 is 5.91 Å². The molecule has 5 nitrogen and oxygen atoms in total. The van der Waals surface area contributed by atoms with Crippen molar-refractivity contribution in [2.24, 2.45) is 11.3 Å². The van der Waals surface area contributed by atoms with Crippen LogP contribution in [0.15, 0.2) is 0 Å². The van der Waals surface area contributed by atoms with E-state index in [0.29, 0.717) is 5.91 Å². The molecule has 0 spiro atoms. The van der Waals surface area contributed by atoms with E-state index in [1.165, 1.54) is 6.54 Å². The molecule has 0 aromatic carbocycles. The van der Waals surface area contributed by atoms with Crippen molar-refractivity contribution in [1.82, 2.24) is 14.7 Å². The van der Waals surface area contributed by atoms with Gasteiger partial charge in [0.1, 0.15) is 0 Å². The molecule has 1 amide bonds. The Morgan fingerprint density at radius 2 is 1.42 bits per heavy atom. The molecule has 2 saturated heterocycles. The summed E-state index contributed by atoms with van der Waals surface area (Å²) in [5, 5.41) is 0. The summed E-state index contributed by atoms with van der Waals surface area (Å²) in [6, 6.07) is 0. The van der Waals surface area contributed by atoms with Crippen molar-refractivity contribution in [1.29, 1.82) is 0 Å². The van der Waals surface area contributed by atoms with Gasteiger partial charge in [0.2, 0.25) is 5.91 Å². The molecule has 0 atom stereocenters. The number of likely N-dealkylation sites (tertiary alicyclic amines) is 1. The van der Waals surface area contributed by atoms with Gasteiger partial charge >= 0.3 is 0 Å². The normalized spacial score (nSPS) is 22.0. The largest absolute Gasteiger partial charge is 0.375 e. The van der Waals surface area contributed by atoms with Gasteiger partial charge in [-0.1, -0.05) is 20.8 Å². The van der Waals surface area contributed by atoms with Gasteiger partial charge in [-0.2, -0.15) is 0 Å². The SMILES string of the molecule is CC(C)(C)OCCN1CCN(CC2CCN(C(=O)C(C)(C)C)CC2)CC1. The highest BCUT2D eigenvalue weighted by Crippen LogP contribution is 2.24. The molecular weight excluding hydrogens is 326 g/mol. The lowest BCUT2D eigenvalue weighted by molar-refractivity contribution is -0.141. The Labute approximate surface area is 161 Å². The van der Waals surface area contributed by atoms with Crippen LogP contribution in [0.25, 0.3) is 0 Å². The lowest BCUT2D eigenvalue weighted by Gasteiger charge is -2.40. The molecular formula is C21H41N3O2. The quantitative estimate of drug-likeness (QED) is 0.749. The fraction of sp³-hybridized carbons (Fsp3) is 0.952. The van der Waals surface area contributed by atoms with Crippen LogP contribution in [0.4, 0.5) is 0 Å². The minimum absolute atomic E-state index is 0.0366. The third kappa shape index (κ3) is 7.16. The third-order valence-corrected chi connectivity index (χ3v) is 5.47. The van der Waals surface area contributed by atoms with Crippen molar-refractivity contribution in [3.05, 3.63) is 0 Å². The number of nitrogens with zero attached hydrogens (tertiary/aromatic N) is 3. The fourth-order valence-corrected chi connectivity index (χ4v) is 3.83. The highest BCUT2D eigenvalue weighted by Gasteiger charge is 2.31. The van der Waals surface area contributed by atoms with Crippen molar-refractivity contribution < 1.29 is 9.53 Å². The van der Waals surface area contributed by atoms with E-state index in [0.717, 1.165) is 71.2 Å². The maximum absolute atomic E-state index is 12.4. The molecule has 0 radical (unpaired) electrons. The molecule has 2 rings (SSSR count). The molecule has 2 fully saturated rings. The van der Waals surface area contributed by atoms with Crippen LogP contribution in [0.1, 0.15) is 54.4 Å². The molecule has 0 aromatic heterocycles. The van der Waals surface area contributed by atoms with E-state index in [2.05, 4.69) is 35.5 Å². The summed E-state index contributed by atoms with van der Waals surface area (Å²) in [4.78, 5) is 19.6. The second kappa shape index (κ2) is 9.03. The summed E-state index contributed by atoms with van der Waals surface area (Å²) in [5.41, 5.74) is -0.287. The number of hydrogen-bond donors (Lipinski definition) is 0. The van der Waals surface area contributed by atoms with Gasteiger partial charge in [-0.25, -0.2) is 0 Å². The van der Waals surface area contributed by atoms with Gasteiger partial charge in [0.15, 0.2) is 0 Å². The lowest BCUT2D eigenvalue weighted by Crippen LogP contribution is -2.50. The summed E-state index contributed by atoms with van der Waals surface area (Å²) in [6.07, 6.45) is 2.31. The van der Waals surface area contributed by atoms with Crippen LogP contribution in [0.2, 0.25) is 0 Å². The van der Waals surface area contributed by atoms with Gasteiger partial charge in [-0.05, 0) is 39.5 Å². The predicted molar refractivity (Wildman–Crippen MR) is 107 cm³/mol. The molecule has 2 aliphatic heterocycles. The molecule has 26 heavy (non-hydrogen) atoms. The van der Waals surface area contributed by atoms with Gasteiger partial charge in [0, 0.05) is 57.8 Å². The Morgan fingerprint density at radius 3 is 1.92 bits per heavy atom. The van der Waals surface area contributed by atoms with Crippen LogP contribution in [0.3, 0.4) is 0 Å². The number of ether oxygens (including phenoxy) is 1. The molecule has 152 valence electrons. The molecule has 0 aliphatic carbocycles. The first kappa shape index (κ1) is 21.6. The Kier molecular flexibility index (Phi) is 7.52. The molecule has 5 heteroatoms. The molecule has 2 heterocycles. The van der Waals surface area contributed by atoms with E-state index < -0.39 is 0 Å². The number of hydrogen-bond acceptors (Lipinski definition) is 4. The molecule has 2 aliphatic rings. The monoisotopic (exact) mass is 367 g/mol. The summed E-state index contributed by atoms with van der Waals surface area (Å²) >= 11 is 0. The van der Waals surface area contributed by atoms with Crippen molar-refractivity contribution in [3.63, 3.8) is 0 Å². The maximum atomic E-state index is 12.4. The van der Waals surface area contributed by atoms with Gasteiger partial charge in [-0.3, -0.25) is 9.69 Å². The van der Waals surface area contributed by atoms with Crippen molar-refractivity contribution in [3.8, 4) is 0 Å². The first-order valence-electron chi connectivity index (χ1n) is 10.4. The average Bonchev–Trinajstić information content (AvgIpc) is 2.54. The Bertz CT molecular complexity index is 437. The van der Waals surface area contributed by atoms with E-state index in [4.69, 9.17) is 4.74 Å². The highest BCUT2D eigenvalue weighted by molar-refractivity contribution is 5.81. The molecule has 0 aromatic rings. The number of piperazine rings is 1. The highest BCUT2D eigenvalue weighted by atomic mass is 16.5. The van der Waals surface area contributed by atoms with Gasteiger partial charge in [0.05, 0.1) is 12.2 Å². The summed E-state index contributed by atoms with van der Waals surface area (Å²) in [6.45, 7) is 22.0. The van der Waals surface area contributed by atoms with Crippen LogP contribution < -0.4 is 0 Å². The minimum Gasteiger partial charge on any atom is -0.375 e. The van der Waals surface area contributed by atoms with E-state index in [1.54, 1.807) is 0 Å². The average molecular weight is 368 g/mol. The van der Waals surface area contributed by atoms with Gasteiger partial charge in [-0.15, -0.1) is 0 Å². The lowest BCUT2D eigenvalue weighted by atomic mass is 9.91. The topological polar surface area (TPSA) is 36.0 Å². The second-order valence-corrected chi connectivity index (χ2v) is 10.1. The number of carbonyl (C=O) groups excluding carboxylic acids is 1. The van der Waals surface area contributed by atoms with Crippen molar-refractivity contribution in [2.75, 3.05) is 59.0 Å². The minimum atomic E-state index is -0.250. The first-order chi connectivity index (χ1) is 12.0. The summed E-state index contributed by atoms with van der Waals surface area (Å²) < 4.78 is 5.85. The van der Waals surface area contributed by atoms with E-state index in [-0.39, 0.29) is 11.0 Å². The van der Waals surface area contributed by atoms with E-state index in [9.17, 15) is 4.79 Å². The van der Waals surface area contributed by atoms with Crippen LogP contribution in [0, 0.1) is 11.3 Å². The number of carbonyl (C=O) groups is 1. The standard InChI is InChI=1S/C21H41N3O2/c1-20(2,3)19(25)24-9-7-18(8-10-24)17-23-13-11-22(12-14-23)15-16-26-21(4,5)6/h18H,7-17H2,1-6H3. The predicted octanol–water partition coefficient (Wildman–Crippen LogP) is 2.70. The summed E-state index contributed by atoms with van der Waals surface area (Å²) in [5.74, 6) is 1.05. The first-order valence-corrected chi connectivity index (χ1v) is 10.4. The second-order valence-electron chi connectivity index (χ2n) is 10.1. The third-order valence-electron chi connectivity index (χ3n) is 5.47. The zero-order chi connectivity index (χ0) is 19.4. The summed E-state index contributed by atoms with van der Waals surface area (Å²) in [7, 11) is 0. The zero-order valence-corrected chi connectivity index (χ0v) is 18.0. The molecule has 0 bridgehead atoms. The van der Waals surface area contributed by atoms with Crippen LogP contribution in [0.5, 0.6) is 0 Å². The van der Waals surface area contributed by atoms with Gasteiger partial charge < -0.3 is 14.5 Å². The Morgan fingerprint density at radius 1 is 0.885 bits per heavy atom. The van der Waals surface area contributed by atoms with Crippen LogP contribution in [-0.2, 0) is 9.53 Å². The smallest absolute Gasteiger partial charge is 0.227 e. The Balaban J connectivity index is 1.62. The van der Waals surface area contributed by atoms with E-state index in [1.807, 2.05) is 20.8 Å². The van der Waals surface area contributed by atoms with Crippen molar-refractivity contribution in [2.45, 2.75) is 60.0 Å². The maximum Gasteiger partial charge on any atom is 0.227 e. The number of rotatable bonds is 5. The number of amides is 1. The van der Waals surface area contributed by atoms with Crippen LogP contribution in [-0.4, -0.2) is 85.2 Å². The Hall–Kier alpha value is -0.650. The fourth-order valence-electron chi connectivity index (χ4n) is 3.83. The molecule has 0 unspecified atom stereocenters. The van der Waals surface area contributed by atoms with Crippen LogP contribution >= 0.6 is 0 Å². The van der Waals surface area contributed by atoms with E-state index >= 15 is 0 Å². The van der Waals surface area contributed by atoms with Gasteiger partial charge in [0.25, 0.3) is 0 Å². The number of piperidine rings is 1. The molecule has 0 saturated carbocycles. The zero-order valence-electron chi connectivity index (χ0n) is 18.0.